The predicted molar refractivity (Wildman–Crippen MR) is 91.0 cm³/mol. The van der Waals surface area contributed by atoms with Gasteiger partial charge in [-0.1, -0.05) is 27.3 Å². The maximum absolute atomic E-state index is 12.4. The maximum atomic E-state index is 12.4. The lowest BCUT2D eigenvalue weighted by molar-refractivity contribution is 0.0987. The smallest absolute Gasteiger partial charge is 0.297 e. The van der Waals surface area contributed by atoms with Crippen LogP contribution in [0.15, 0.2) is 39.9 Å². The molecule has 3 rings (SSSR count). The van der Waals surface area contributed by atoms with E-state index in [-0.39, 0.29) is 5.91 Å². The van der Waals surface area contributed by atoms with Gasteiger partial charge in [-0.3, -0.25) is 9.48 Å². The van der Waals surface area contributed by atoms with E-state index in [1.165, 1.54) is 11.3 Å². The molecule has 0 bridgehead atoms. The topological polar surface area (TPSA) is 52.2 Å². The Balaban J connectivity index is 2.14. The number of aromatic nitrogens is 3. The number of carbonyl (C=O) groups excluding carboxylic acids is 1. The van der Waals surface area contributed by atoms with Crippen LogP contribution in [0.1, 0.15) is 24.3 Å². The molecular formula is C15H15BrN4OS. The Morgan fingerprint density at radius 1 is 1.32 bits per heavy atom. The van der Waals surface area contributed by atoms with Gasteiger partial charge in [0.1, 0.15) is 5.69 Å². The summed E-state index contributed by atoms with van der Waals surface area (Å²) >= 11 is 5.00. The zero-order valence-corrected chi connectivity index (χ0v) is 14.7. The number of nitrogens with zero attached hydrogens (tertiary/aromatic N) is 4. The van der Waals surface area contributed by atoms with E-state index in [4.69, 9.17) is 0 Å². The summed E-state index contributed by atoms with van der Waals surface area (Å²) in [6, 6.07) is 7.79. The Kier molecular flexibility index (Phi) is 4.26. The van der Waals surface area contributed by atoms with Gasteiger partial charge in [0.25, 0.3) is 5.91 Å². The maximum Gasteiger partial charge on any atom is 0.297 e. The van der Waals surface area contributed by atoms with E-state index in [2.05, 4.69) is 30.6 Å². The molecule has 0 fully saturated rings. The molecule has 3 aromatic rings. The van der Waals surface area contributed by atoms with Crippen molar-refractivity contribution < 1.29 is 4.79 Å². The fourth-order valence-electron chi connectivity index (χ4n) is 2.35. The number of fused-ring (bicyclic) bond motifs is 1. The molecule has 0 aliphatic rings. The first-order chi connectivity index (χ1) is 10.6. The van der Waals surface area contributed by atoms with E-state index in [0.29, 0.717) is 17.0 Å². The van der Waals surface area contributed by atoms with Crippen LogP contribution >= 0.6 is 27.3 Å². The molecule has 5 nitrogen and oxygen atoms in total. The number of benzene rings is 1. The molecule has 1 aromatic carbocycles. The molecule has 0 saturated carbocycles. The van der Waals surface area contributed by atoms with Crippen molar-refractivity contribution in [3.05, 3.63) is 45.4 Å². The van der Waals surface area contributed by atoms with Crippen LogP contribution in [0.2, 0.25) is 0 Å². The van der Waals surface area contributed by atoms with Gasteiger partial charge in [-0.15, -0.1) is 0 Å². The number of rotatable bonds is 3. The Labute approximate surface area is 140 Å². The van der Waals surface area contributed by atoms with Gasteiger partial charge in [0, 0.05) is 23.8 Å². The first kappa shape index (κ1) is 15.2. The highest BCUT2D eigenvalue weighted by Crippen LogP contribution is 2.22. The first-order valence-corrected chi connectivity index (χ1v) is 8.64. The number of hydrogen-bond donors (Lipinski definition) is 0. The van der Waals surface area contributed by atoms with Gasteiger partial charge in [0.2, 0.25) is 0 Å². The van der Waals surface area contributed by atoms with E-state index in [1.807, 2.05) is 32.0 Å². The van der Waals surface area contributed by atoms with E-state index in [9.17, 15) is 4.79 Å². The molecular weight excluding hydrogens is 364 g/mol. The molecule has 0 unspecified atom stereocenters. The number of thiazole rings is 1. The first-order valence-electron chi connectivity index (χ1n) is 7.03. The second-order valence-electron chi connectivity index (χ2n) is 4.69. The molecule has 0 N–H and O–H groups in total. The standard InChI is InChI=1S/C15H15BrN4OS/c1-3-19-11-6-5-10(16)9-13(11)22-15(19)18-14(21)12-7-8-17-20(12)4-2/h5-9H,3-4H2,1-2H3. The molecule has 7 heteroatoms. The van der Waals surface area contributed by atoms with Gasteiger partial charge in [-0.05, 0) is 38.1 Å². The van der Waals surface area contributed by atoms with Crippen molar-refractivity contribution in [2.45, 2.75) is 26.9 Å². The Hall–Kier alpha value is -1.73. The van der Waals surface area contributed by atoms with Crippen LogP contribution in [0.5, 0.6) is 0 Å². The van der Waals surface area contributed by atoms with Crippen LogP contribution < -0.4 is 4.80 Å². The minimum absolute atomic E-state index is 0.257. The number of amides is 1. The highest BCUT2D eigenvalue weighted by atomic mass is 79.9. The largest absolute Gasteiger partial charge is 0.317 e. The summed E-state index contributed by atoms with van der Waals surface area (Å²) in [7, 11) is 0. The van der Waals surface area contributed by atoms with Gasteiger partial charge in [0.15, 0.2) is 4.80 Å². The zero-order chi connectivity index (χ0) is 15.7. The van der Waals surface area contributed by atoms with Gasteiger partial charge < -0.3 is 4.57 Å². The molecule has 114 valence electrons. The van der Waals surface area contributed by atoms with Crippen LogP contribution in [0.4, 0.5) is 0 Å². The third-order valence-corrected chi connectivity index (χ3v) is 4.93. The summed E-state index contributed by atoms with van der Waals surface area (Å²) in [6.45, 7) is 5.42. The zero-order valence-electron chi connectivity index (χ0n) is 12.3. The van der Waals surface area contributed by atoms with Crippen molar-refractivity contribution in [2.75, 3.05) is 0 Å². The fourth-order valence-corrected chi connectivity index (χ4v) is 3.99. The number of hydrogen-bond acceptors (Lipinski definition) is 3. The molecule has 2 aromatic heterocycles. The van der Waals surface area contributed by atoms with Crippen molar-refractivity contribution >= 4 is 43.4 Å². The average molecular weight is 379 g/mol. The summed E-state index contributed by atoms with van der Waals surface area (Å²) in [6.07, 6.45) is 1.63. The second-order valence-corrected chi connectivity index (χ2v) is 6.61. The molecule has 0 aliphatic carbocycles. The quantitative estimate of drug-likeness (QED) is 0.700. The summed E-state index contributed by atoms with van der Waals surface area (Å²) in [4.78, 5) is 17.5. The Morgan fingerprint density at radius 3 is 2.86 bits per heavy atom. The summed E-state index contributed by atoms with van der Waals surface area (Å²) < 4.78 is 5.83. The highest BCUT2D eigenvalue weighted by molar-refractivity contribution is 9.10. The summed E-state index contributed by atoms with van der Waals surface area (Å²) in [5, 5.41) is 4.12. The van der Waals surface area contributed by atoms with Crippen molar-refractivity contribution in [3.8, 4) is 0 Å². The second kappa shape index (κ2) is 6.18. The molecule has 0 saturated heterocycles. The fraction of sp³-hybridized carbons (Fsp3) is 0.267. The number of carbonyl (C=O) groups is 1. The van der Waals surface area contributed by atoms with E-state index in [1.54, 1.807) is 16.9 Å². The van der Waals surface area contributed by atoms with Gasteiger partial charge in [-0.2, -0.15) is 10.1 Å². The number of halogens is 1. The molecule has 0 radical (unpaired) electrons. The van der Waals surface area contributed by atoms with E-state index >= 15 is 0 Å². The highest BCUT2D eigenvalue weighted by Gasteiger charge is 2.12. The molecule has 0 spiro atoms. The van der Waals surface area contributed by atoms with Crippen molar-refractivity contribution in [1.82, 2.24) is 14.3 Å². The van der Waals surface area contributed by atoms with Crippen molar-refractivity contribution in [3.63, 3.8) is 0 Å². The third kappa shape index (κ3) is 2.66. The van der Waals surface area contributed by atoms with E-state index < -0.39 is 0 Å². The monoisotopic (exact) mass is 378 g/mol. The van der Waals surface area contributed by atoms with Crippen LogP contribution in [0.3, 0.4) is 0 Å². The lowest BCUT2D eigenvalue weighted by Gasteiger charge is -2.01. The minimum atomic E-state index is -0.257. The normalized spacial score (nSPS) is 12.2. The third-order valence-electron chi connectivity index (χ3n) is 3.39. The molecule has 0 atom stereocenters. The Bertz CT molecular complexity index is 906. The Morgan fingerprint density at radius 2 is 2.14 bits per heavy atom. The van der Waals surface area contributed by atoms with Crippen LogP contribution in [-0.4, -0.2) is 20.3 Å². The molecule has 22 heavy (non-hydrogen) atoms. The van der Waals surface area contributed by atoms with Crippen LogP contribution in [0, 0.1) is 0 Å². The van der Waals surface area contributed by atoms with Gasteiger partial charge in [0.05, 0.1) is 10.2 Å². The van der Waals surface area contributed by atoms with Crippen LogP contribution in [0.25, 0.3) is 10.2 Å². The lowest BCUT2D eigenvalue weighted by atomic mass is 10.3. The average Bonchev–Trinajstić information content (AvgIpc) is 3.09. The van der Waals surface area contributed by atoms with Crippen LogP contribution in [-0.2, 0) is 13.1 Å². The SMILES string of the molecule is CCn1nccc1C(=O)N=c1sc2cc(Br)ccc2n1CC. The van der Waals surface area contributed by atoms with Crippen molar-refractivity contribution in [2.24, 2.45) is 4.99 Å². The predicted octanol–water partition coefficient (Wildman–Crippen LogP) is 3.44. The van der Waals surface area contributed by atoms with E-state index in [0.717, 1.165) is 21.2 Å². The van der Waals surface area contributed by atoms with Gasteiger partial charge >= 0.3 is 0 Å². The molecule has 1 amide bonds. The number of aryl methyl sites for hydroxylation is 2. The summed E-state index contributed by atoms with van der Waals surface area (Å²) in [5.41, 5.74) is 1.61. The summed E-state index contributed by atoms with van der Waals surface area (Å²) in [5.74, 6) is -0.257. The van der Waals surface area contributed by atoms with Gasteiger partial charge in [-0.25, -0.2) is 0 Å². The molecule has 2 heterocycles. The van der Waals surface area contributed by atoms with Crippen molar-refractivity contribution in [1.29, 1.82) is 0 Å². The molecule has 0 aliphatic heterocycles. The lowest BCUT2D eigenvalue weighted by Crippen LogP contribution is -2.17. The minimum Gasteiger partial charge on any atom is -0.317 e.